The van der Waals surface area contributed by atoms with E-state index in [1.54, 1.807) is 0 Å². The predicted molar refractivity (Wildman–Crippen MR) is 26.7 cm³/mol. The van der Waals surface area contributed by atoms with Crippen LogP contribution in [0.15, 0.2) is 12.3 Å². The van der Waals surface area contributed by atoms with Crippen LogP contribution >= 0.6 is 0 Å². The van der Waals surface area contributed by atoms with Gasteiger partial charge in [0.2, 0.25) is 0 Å². The van der Waals surface area contributed by atoms with E-state index in [0.29, 0.717) is 0 Å². The Hall–Kier alpha value is -0.723. The van der Waals surface area contributed by atoms with Crippen molar-refractivity contribution in [2.45, 2.75) is 0 Å². The van der Waals surface area contributed by atoms with Crippen LogP contribution < -0.4 is 18.9 Å². The van der Waals surface area contributed by atoms with Gasteiger partial charge < -0.3 is 6.53 Å². The first kappa shape index (κ1) is 8.28. The van der Waals surface area contributed by atoms with Crippen molar-refractivity contribution in [3.05, 3.63) is 18.0 Å². The number of nitrogens with zero attached hydrogens (tertiary/aromatic N) is 1. The van der Waals surface area contributed by atoms with Crippen molar-refractivity contribution in [2.24, 2.45) is 0 Å². The number of H-pyrrole nitrogens is 1. The fraction of sp³-hybridized carbons (Fsp3) is 0. The predicted octanol–water partition coefficient (Wildman–Crippen LogP) is -2.78. The number of carbonyl (C=O) groups is 1. The van der Waals surface area contributed by atoms with Gasteiger partial charge in [0.25, 0.3) is 0 Å². The minimum absolute atomic E-state index is 0. The van der Waals surface area contributed by atoms with Gasteiger partial charge in [0, 0.05) is 6.20 Å². The van der Waals surface area contributed by atoms with Crippen molar-refractivity contribution in [1.82, 2.24) is 10.2 Å². The number of hydrogen-bond donors (Lipinski definition) is 2. The van der Waals surface area contributed by atoms with E-state index in [9.17, 15) is 4.79 Å². The third-order valence-electron chi connectivity index (χ3n) is 0.731. The molecule has 1 heterocycles. The number of aromatic carboxylic acids is 1. The molecule has 1 aromatic heterocycles. The summed E-state index contributed by atoms with van der Waals surface area (Å²) < 4.78 is 0. The summed E-state index contributed by atoms with van der Waals surface area (Å²) in [4.78, 5) is 9.99. The van der Waals surface area contributed by atoms with Crippen LogP contribution in [0.4, 0.5) is 0 Å². The maximum Gasteiger partial charge on any atom is 1.00 e. The molecular weight excluding hydrogens is 115 g/mol. The summed E-state index contributed by atoms with van der Waals surface area (Å²) in [5, 5.41) is 13.9. The van der Waals surface area contributed by atoms with Crippen molar-refractivity contribution in [1.29, 1.82) is 0 Å². The van der Waals surface area contributed by atoms with Gasteiger partial charge in [-0.3, -0.25) is 5.10 Å². The summed E-state index contributed by atoms with van der Waals surface area (Å²) in [6, 6.07) is 1.39. The molecule has 0 spiro atoms. The van der Waals surface area contributed by atoms with Crippen LogP contribution in [0.3, 0.4) is 0 Å². The minimum Gasteiger partial charge on any atom is -1.00 e. The number of carboxylic acid groups (broad SMARTS) is 1. The van der Waals surface area contributed by atoms with Gasteiger partial charge in [0.05, 0.1) is 0 Å². The smallest absolute Gasteiger partial charge is 1.00 e. The van der Waals surface area contributed by atoms with Crippen molar-refractivity contribution >= 4 is 5.97 Å². The van der Waals surface area contributed by atoms with E-state index in [-0.39, 0.29) is 26.0 Å². The van der Waals surface area contributed by atoms with E-state index in [2.05, 4.69) is 10.2 Å². The van der Waals surface area contributed by atoms with Gasteiger partial charge in [0.15, 0.2) is 0 Å². The fourth-order valence-corrected chi connectivity index (χ4v) is 0.375. The van der Waals surface area contributed by atoms with E-state index in [1.807, 2.05) is 0 Å². The van der Waals surface area contributed by atoms with Crippen molar-refractivity contribution in [3.63, 3.8) is 0 Å². The van der Waals surface area contributed by atoms with Crippen molar-refractivity contribution in [2.75, 3.05) is 0 Å². The Bertz CT molecular complexity index is 189. The van der Waals surface area contributed by atoms with Gasteiger partial charge in [-0.1, -0.05) is 0 Å². The van der Waals surface area contributed by atoms with E-state index < -0.39 is 5.97 Å². The van der Waals surface area contributed by atoms with Crippen LogP contribution in [0.2, 0.25) is 0 Å². The number of rotatable bonds is 1. The molecule has 0 aliphatic carbocycles. The summed E-state index contributed by atoms with van der Waals surface area (Å²) in [5.41, 5.74) is 0.116. The average molecular weight is 120 g/mol. The molecule has 0 aliphatic rings. The Balaban J connectivity index is 0. The zero-order valence-corrected chi connectivity index (χ0v) is 4.96. The molecule has 4 nitrogen and oxygen atoms in total. The maximum absolute atomic E-state index is 9.99. The van der Waals surface area contributed by atoms with Crippen LogP contribution in [0.1, 0.15) is 11.9 Å². The first-order valence-electron chi connectivity index (χ1n) is 2.03. The molecule has 5 heteroatoms. The summed E-state index contributed by atoms with van der Waals surface area (Å²) >= 11 is 0. The number of aromatic amines is 1. The maximum atomic E-state index is 9.99. The Morgan fingerprint density at radius 1 is 1.89 bits per heavy atom. The number of aromatic nitrogens is 2. The molecule has 0 saturated carbocycles. The Morgan fingerprint density at radius 3 is 2.78 bits per heavy atom. The normalized spacial score (nSPS) is 8.00. The molecular formula is C4H5LiN2O2. The second-order valence-corrected chi connectivity index (χ2v) is 1.28. The summed E-state index contributed by atoms with van der Waals surface area (Å²) in [5.74, 6) is -0.984. The SMILES string of the molecule is O=C(O)c1ccn[nH]1.[H-].[Li+]. The molecule has 0 aliphatic heterocycles. The average Bonchev–Trinajstić information content (AvgIpc) is 2.12. The third kappa shape index (κ3) is 1.92. The molecule has 44 valence electrons. The zero-order chi connectivity index (χ0) is 5.98. The van der Waals surface area contributed by atoms with Gasteiger partial charge in [-0.05, 0) is 6.07 Å². The molecule has 0 amide bonds. The number of hydrogen-bond acceptors (Lipinski definition) is 2. The second kappa shape index (κ2) is 3.33. The topological polar surface area (TPSA) is 66.0 Å². The van der Waals surface area contributed by atoms with E-state index in [0.717, 1.165) is 0 Å². The second-order valence-electron chi connectivity index (χ2n) is 1.28. The number of carboxylic acids is 1. The molecule has 0 aromatic carbocycles. The van der Waals surface area contributed by atoms with Gasteiger partial charge in [-0.2, -0.15) is 5.10 Å². The summed E-state index contributed by atoms with van der Waals surface area (Å²) in [6.45, 7) is 0. The van der Waals surface area contributed by atoms with E-state index in [4.69, 9.17) is 5.11 Å². The standard InChI is InChI=1S/C4H4N2O2.Li.H/c7-4(8)3-1-2-5-6-3;;/h1-2H,(H,5,6)(H,7,8);;/q;+1;-1. The molecule has 0 unspecified atom stereocenters. The van der Waals surface area contributed by atoms with Crippen molar-refractivity contribution in [3.8, 4) is 0 Å². The van der Waals surface area contributed by atoms with E-state index in [1.165, 1.54) is 12.3 Å². The van der Waals surface area contributed by atoms with Crippen LogP contribution in [0, 0.1) is 0 Å². The molecule has 2 N–H and O–H groups in total. The van der Waals surface area contributed by atoms with Crippen LogP contribution in [0.5, 0.6) is 0 Å². The molecule has 1 aromatic rings. The molecule has 9 heavy (non-hydrogen) atoms. The number of nitrogens with one attached hydrogen (secondary N) is 1. The monoisotopic (exact) mass is 120 g/mol. The molecule has 0 radical (unpaired) electrons. The van der Waals surface area contributed by atoms with Crippen LogP contribution in [-0.4, -0.2) is 21.3 Å². The van der Waals surface area contributed by atoms with Gasteiger partial charge in [0.1, 0.15) is 5.69 Å². The van der Waals surface area contributed by atoms with Gasteiger partial charge in [-0.15, -0.1) is 0 Å². The molecule has 1 rings (SSSR count). The van der Waals surface area contributed by atoms with Gasteiger partial charge in [-0.25, -0.2) is 4.79 Å². The third-order valence-corrected chi connectivity index (χ3v) is 0.731. The largest absolute Gasteiger partial charge is 1.00 e. The molecule has 0 atom stereocenters. The van der Waals surface area contributed by atoms with Crippen LogP contribution in [-0.2, 0) is 0 Å². The zero-order valence-electron chi connectivity index (χ0n) is 5.96. The first-order valence-corrected chi connectivity index (χ1v) is 2.03. The van der Waals surface area contributed by atoms with Crippen molar-refractivity contribution < 1.29 is 30.2 Å². The van der Waals surface area contributed by atoms with Crippen LogP contribution in [0.25, 0.3) is 0 Å². The molecule has 0 fully saturated rings. The minimum atomic E-state index is -0.984. The summed E-state index contributed by atoms with van der Waals surface area (Å²) in [7, 11) is 0. The van der Waals surface area contributed by atoms with Gasteiger partial charge >= 0.3 is 24.8 Å². The summed E-state index contributed by atoms with van der Waals surface area (Å²) in [6.07, 6.45) is 1.39. The Morgan fingerprint density at radius 2 is 2.56 bits per heavy atom. The molecule has 0 saturated heterocycles. The van der Waals surface area contributed by atoms with E-state index >= 15 is 0 Å². The quantitative estimate of drug-likeness (QED) is 0.394. The molecule has 0 bridgehead atoms. The Kier molecular flexibility index (Phi) is 3.06. The fourth-order valence-electron chi connectivity index (χ4n) is 0.375. The Labute approximate surface area is 64.9 Å². The first-order chi connectivity index (χ1) is 3.80.